The third kappa shape index (κ3) is 7.30. The minimum Gasteiger partial charge on any atom is -0.379 e. The topological polar surface area (TPSA) is 92.0 Å². The molecule has 0 spiro atoms. The van der Waals surface area contributed by atoms with Gasteiger partial charge < -0.3 is 15.4 Å². The maximum Gasteiger partial charge on any atom is 0.269 e. The van der Waals surface area contributed by atoms with Crippen LogP contribution in [-0.4, -0.2) is 55.2 Å². The molecule has 0 saturated carbocycles. The fourth-order valence-electron chi connectivity index (χ4n) is 3.42. The van der Waals surface area contributed by atoms with Gasteiger partial charge in [0.1, 0.15) is 0 Å². The van der Waals surface area contributed by atoms with Crippen molar-refractivity contribution in [3.05, 3.63) is 62.3 Å². The van der Waals surface area contributed by atoms with Crippen molar-refractivity contribution in [2.45, 2.75) is 32.4 Å². The molecule has 1 aliphatic rings. The highest BCUT2D eigenvalue weighted by molar-refractivity contribution is 7.10. The van der Waals surface area contributed by atoms with Crippen molar-refractivity contribution in [2.24, 2.45) is 4.99 Å². The Bertz CT molecular complexity index is 820. The molecule has 0 amide bonds. The molecule has 0 radical (unpaired) electrons. The van der Waals surface area contributed by atoms with Crippen LogP contribution in [0.3, 0.4) is 0 Å². The van der Waals surface area contributed by atoms with Crippen molar-refractivity contribution in [3.8, 4) is 0 Å². The van der Waals surface area contributed by atoms with Gasteiger partial charge >= 0.3 is 0 Å². The van der Waals surface area contributed by atoms with Crippen LogP contribution in [0.15, 0.2) is 46.8 Å². The smallest absolute Gasteiger partial charge is 0.269 e. The van der Waals surface area contributed by atoms with E-state index in [1.807, 2.05) is 0 Å². The number of ether oxygens (including phenoxy) is 1. The Labute approximate surface area is 187 Å². The molecule has 1 fully saturated rings. The van der Waals surface area contributed by atoms with Gasteiger partial charge in [0, 0.05) is 43.2 Å². The maximum absolute atomic E-state index is 10.8. The van der Waals surface area contributed by atoms with E-state index in [4.69, 9.17) is 9.73 Å². The summed E-state index contributed by atoms with van der Waals surface area (Å²) in [6.45, 7) is 7.58. The lowest BCUT2D eigenvalue weighted by Gasteiger charge is -2.34. The predicted octanol–water partition coefficient (Wildman–Crippen LogP) is 3.57. The fourth-order valence-corrected chi connectivity index (χ4v) is 4.29. The van der Waals surface area contributed by atoms with Crippen LogP contribution in [0.25, 0.3) is 0 Å². The highest BCUT2D eigenvalue weighted by Gasteiger charge is 2.23. The third-order valence-electron chi connectivity index (χ3n) is 5.21. The highest BCUT2D eigenvalue weighted by Crippen LogP contribution is 2.25. The van der Waals surface area contributed by atoms with Crippen LogP contribution < -0.4 is 10.6 Å². The number of nitro benzene ring substituents is 1. The van der Waals surface area contributed by atoms with E-state index in [1.165, 1.54) is 17.0 Å². The summed E-state index contributed by atoms with van der Waals surface area (Å²) in [5.74, 6) is 0.765. The van der Waals surface area contributed by atoms with Crippen molar-refractivity contribution < 1.29 is 9.66 Å². The van der Waals surface area contributed by atoms with E-state index in [0.29, 0.717) is 6.54 Å². The number of nitrogens with one attached hydrogen (secondary N) is 2. The monoisotopic (exact) mass is 445 g/mol. The maximum atomic E-state index is 10.8. The first-order chi connectivity index (χ1) is 15.2. The molecule has 2 aromatic rings. The molecule has 9 heteroatoms. The summed E-state index contributed by atoms with van der Waals surface area (Å²) in [5.41, 5.74) is 1.03. The van der Waals surface area contributed by atoms with Crippen LogP contribution in [0.5, 0.6) is 0 Å². The molecule has 2 N–H and O–H groups in total. The van der Waals surface area contributed by atoms with Gasteiger partial charge in [0.2, 0.25) is 0 Å². The van der Waals surface area contributed by atoms with Gasteiger partial charge in [-0.1, -0.05) is 31.5 Å². The number of rotatable bonds is 10. The number of thiophene rings is 1. The van der Waals surface area contributed by atoms with Crippen LogP contribution in [0.4, 0.5) is 5.69 Å². The van der Waals surface area contributed by atoms with Crippen molar-refractivity contribution in [2.75, 3.05) is 39.4 Å². The number of morpholine rings is 1. The summed E-state index contributed by atoms with van der Waals surface area (Å²) in [6, 6.07) is 11.1. The molecule has 168 valence electrons. The first-order valence-corrected chi connectivity index (χ1v) is 11.7. The van der Waals surface area contributed by atoms with E-state index in [0.717, 1.165) is 63.8 Å². The fraction of sp³-hybridized carbons (Fsp3) is 0.500. The van der Waals surface area contributed by atoms with Gasteiger partial charge in [-0.2, -0.15) is 0 Å². The Kier molecular flexibility index (Phi) is 9.26. The zero-order valence-corrected chi connectivity index (χ0v) is 18.8. The Morgan fingerprint density at radius 1 is 1.26 bits per heavy atom. The van der Waals surface area contributed by atoms with Crippen molar-refractivity contribution in [1.29, 1.82) is 0 Å². The number of hydrogen-bond donors (Lipinski definition) is 2. The molecule has 8 nitrogen and oxygen atoms in total. The lowest BCUT2D eigenvalue weighted by atomic mass is 10.2. The molecule has 1 aromatic heterocycles. The lowest BCUT2D eigenvalue weighted by Crippen LogP contribution is -2.46. The molecule has 2 heterocycles. The van der Waals surface area contributed by atoms with Gasteiger partial charge in [0.25, 0.3) is 5.69 Å². The van der Waals surface area contributed by atoms with Crippen molar-refractivity contribution in [3.63, 3.8) is 0 Å². The molecule has 0 aliphatic carbocycles. The van der Waals surface area contributed by atoms with Crippen LogP contribution in [0, 0.1) is 10.1 Å². The Hall–Kier alpha value is -2.49. The molecule has 1 saturated heterocycles. The van der Waals surface area contributed by atoms with Gasteiger partial charge in [0.05, 0.1) is 30.7 Å². The molecule has 3 rings (SSSR count). The second-order valence-corrected chi connectivity index (χ2v) is 8.41. The van der Waals surface area contributed by atoms with Gasteiger partial charge in [-0.05, 0) is 23.4 Å². The summed E-state index contributed by atoms with van der Waals surface area (Å²) < 4.78 is 5.53. The number of guanidine groups is 1. The summed E-state index contributed by atoms with van der Waals surface area (Å²) in [5, 5.41) is 19.9. The average molecular weight is 446 g/mol. The third-order valence-corrected chi connectivity index (χ3v) is 6.18. The minimum absolute atomic E-state index is 0.0939. The Balaban J connectivity index is 1.66. The molecule has 0 bridgehead atoms. The normalized spacial score (nSPS) is 16.1. The molecule has 1 aliphatic heterocycles. The van der Waals surface area contributed by atoms with Gasteiger partial charge in [-0.15, -0.1) is 11.3 Å². The molecule has 31 heavy (non-hydrogen) atoms. The standard InChI is InChI=1S/C22H31N5O3S/c1-2-3-10-23-22(24-16-18-6-8-19(9-7-18)27(28)29)25-17-20(21-5-4-15-31-21)26-11-13-30-14-12-26/h4-9,15,20H,2-3,10-14,16-17H2,1H3,(H2,23,24,25). The molecular formula is C22H31N5O3S. The number of unbranched alkanes of at least 4 members (excludes halogenated alkanes) is 1. The predicted molar refractivity (Wildman–Crippen MR) is 125 cm³/mol. The Morgan fingerprint density at radius 3 is 2.68 bits per heavy atom. The van der Waals surface area contributed by atoms with E-state index < -0.39 is 0 Å². The lowest BCUT2D eigenvalue weighted by molar-refractivity contribution is -0.384. The number of benzene rings is 1. The quantitative estimate of drug-likeness (QED) is 0.191. The highest BCUT2D eigenvalue weighted by atomic mass is 32.1. The van der Waals surface area contributed by atoms with Crippen LogP contribution in [-0.2, 0) is 11.3 Å². The van der Waals surface area contributed by atoms with Crippen LogP contribution in [0.2, 0.25) is 0 Å². The largest absolute Gasteiger partial charge is 0.379 e. The van der Waals surface area contributed by atoms with E-state index in [1.54, 1.807) is 23.5 Å². The van der Waals surface area contributed by atoms with Crippen LogP contribution >= 0.6 is 11.3 Å². The first-order valence-electron chi connectivity index (χ1n) is 10.8. The van der Waals surface area contributed by atoms with Crippen molar-refractivity contribution >= 4 is 23.0 Å². The molecular weight excluding hydrogens is 414 g/mol. The number of hydrogen-bond acceptors (Lipinski definition) is 6. The number of non-ortho nitro benzene ring substituents is 1. The van der Waals surface area contributed by atoms with E-state index in [9.17, 15) is 10.1 Å². The molecule has 1 aromatic carbocycles. The molecule has 1 unspecified atom stereocenters. The summed E-state index contributed by atoms with van der Waals surface area (Å²) in [7, 11) is 0. The second kappa shape index (κ2) is 12.4. The van der Waals surface area contributed by atoms with Crippen LogP contribution in [0.1, 0.15) is 36.2 Å². The zero-order valence-electron chi connectivity index (χ0n) is 18.0. The minimum atomic E-state index is -0.386. The van der Waals surface area contributed by atoms with Gasteiger partial charge in [-0.25, -0.2) is 4.99 Å². The molecule has 1 atom stereocenters. The van der Waals surface area contributed by atoms with Gasteiger partial charge in [0.15, 0.2) is 5.96 Å². The zero-order chi connectivity index (χ0) is 21.9. The SMILES string of the molecule is CCCCNC(=NCc1ccc([N+](=O)[O-])cc1)NCC(c1cccs1)N1CCOCC1. The number of nitro groups is 1. The summed E-state index contributed by atoms with van der Waals surface area (Å²) in [4.78, 5) is 19.0. The summed E-state index contributed by atoms with van der Waals surface area (Å²) >= 11 is 1.77. The Morgan fingerprint density at radius 2 is 2.03 bits per heavy atom. The average Bonchev–Trinajstić information content (AvgIpc) is 3.33. The van der Waals surface area contributed by atoms with Gasteiger partial charge in [-0.3, -0.25) is 15.0 Å². The van der Waals surface area contributed by atoms with Crippen molar-refractivity contribution in [1.82, 2.24) is 15.5 Å². The number of nitrogens with zero attached hydrogens (tertiary/aromatic N) is 3. The summed E-state index contributed by atoms with van der Waals surface area (Å²) in [6.07, 6.45) is 2.17. The van der Waals surface area contributed by atoms with E-state index in [-0.39, 0.29) is 16.7 Å². The van der Waals surface area contributed by atoms with E-state index in [2.05, 4.69) is 40.0 Å². The van der Waals surface area contributed by atoms with E-state index >= 15 is 0 Å². The number of aliphatic imine (C=N–C) groups is 1. The first kappa shape index (κ1) is 23.2. The second-order valence-electron chi connectivity index (χ2n) is 7.43.